The van der Waals surface area contributed by atoms with E-state index in [0.717, 1.165) is 42.4 Å². The summed E-state index contributed by atoms with van der Waals surface area (Å²) in [6.45, 7) is 3.89. The highest BCUT2D eigenvalue weighted by Gasteiger charge is 2.44. The Morgan fingerprint density at radius 3 is 2.29 bits per heavy atom. The van der Waals surface area contributed by atoms with Crippen molar-refractivity contribution in [2.24, 2.45) is 29.6 Å². The van der Waals surface area contributed by atoms with Crippen molar-refractivity contribution < 1.29 is 9.53 Å². The summed E-state index contributed by atoms with van der Waals surface area (Å²) < 4.78 is 5.49. The summed E-state index contributed by atoms with van der Waals surface area (Å²) in [7, 11) is 0. The molecule has 2 heteroatoms. The van der Waals surface area contributed by atoms with Crippen LogP contribution >= 0.6 is 0 Å². The van der Waals surface area contributed by atoms with E-state index >= 15 is 0 Å². The minimum atomic E-state index is -0.0905. The van der Waals surface area contributed by atoms with Gasteiger partial charge in [-0.15, -0.1) is 0 Å². The summed E-state index contributed by atoms with van der Waals surface area (Å²) in [6.07, 6.45) is 13.9. The highest BCUT2D eigenvalue weighted by molar-refractivity contribution is 5.66. The van der Waals surface area contributed by atoms with Crippen LogP contribution in [0.5, 0.6) is 0 Å². The maximum absolute atomic E-state index is 11.2. The second-order valence-electron chi connectivity index (χ2n) is 7.94. The topological polar surface area (TPSA) is 26.3 Å². The summed E-state index contributed by atoms with van der Waals surface area (Å²) in [6, 6.07) is 0. The Morgan fingerprint density at radius 2 is 1.62 bits per heavy atom. The molecule has 3 saturated carbocycles. The van der Waals surface area contributed by atoms with Gasteiger partial charge in [-0.1, -0.05) is 26.2 Å². The van der Waals surface area contributed by atoms with E-state index in [9.17, 15) is 4.79 Å². The number of esters is 1. The van der Waals surface area contributed by atoms with Crippen molar-refractivity contribution >= 4 is 5.97 Å². The molecular formula is C19H32O2. The fourth-order valence-corrected chi connectivity index (χ4v) is 5.86. The first-order chi connectivity index (χ1) is 10.2. The van der Waals surface area contributed by atoms with Crippen molar-refractivity contribution in [2.45, 2.75) is 84.2 Å². The lowest BCUT2D eigenvalue weighted by atomic mass is 9.56. The van der Waals surface area contributed by atoms with Crippen molar-refractivity contribution in [3.63, 3.8) is 0 Å². The van der Waals surface area contributed by atoms with Gasteiger partial charge in [0.25, 0.3) is 0 Å². The number of ether oxygens (including phenoxy) is 1. The summed E-state index contributed by atoms with van der Waals surface area (Å²) in [5.41, 5.74) is 0. The Morgan fingerprint density at radius 1 is 0.952 bits per heavy atom. The number of hydrogen-bond acceptors (Lipinski definition) is 2. The molecule has 0 radical (unpaired) electrons. The van der Waals surface area contributed by atoms with Crippen molar-refractivity contribution in [2.75, 3.05) is 0 Å². The Balaban J connectivity index is 1.57. The molecule has 0 aromatic carbocycles. The van der Waals surface area contributed by atoms with E-state index in [0.29, 0.717) is 0 Å². The molecule has 3 fully saturated rings. The molecule has 0 aromatic rings. The fraction of sp³-hybridized carbons (Fsp3) is 0.947. The van der Waals surface area contributed by atoms with Gasteiger partial charge in [-0.05, 0) is 74.5 Å². The van der Waals surface area contributed by atoms with Gasteiger partial charge in [0.1, 0.15) is 6.10 Å². The van der Waals surface area contributed by atoms with Crippen LogP contribution in [0.25, 0.3) is 0 Å². The van der Waals surface area contributed by atoms with Crippen LogP contribution < -0.4 is 0 Å². The molecule has 0 aromatic heterocycles. The number of fused-ring (bicyclic) bond motifs is 3. The fourth-order valence-electron chi connectivity index (χ4n) is 5.86. The molecule has 3 rings (SSSR count). The maximum atomic E-state index is 11.2. The van der Waals surface area contributed by atoms with E-state index in [1.807, 2.05) is 0 Å². The minimum Gasteiger partial charge on any atom is -0.463 e. The molecule has 6 atom stereocenters. The molecule has 0 aliphatic heterocycles. The average Bonchev–Trinajstić information content (AvgIpc) is 2.46. The van der Waals surface area contributed by atoms with Crippen LogP contribution in [-0.4, -0.2) is 12.1 Å². The van der Waals surface area contributed by atoms with Crippen LogP contribution in [0.15, 0.2) is 0 Å². The Labute approximate surface area is 130 Å². The molecule has 3 aliphatic carbocycles. The first-order valence-electron chi connectivity index (χ1n) is 9.34. The number of carbonyl (C=O) groups excluding carboxylic acids is 1. The van der Waals surface area contributed by atoms with Crippen LogP contribution in [0.4, 0.5) is 0 Å². The third-order valence-corrected chi connectivity index (χ3v) is 6.63. The Kier molecular flexibility index (Phi) is 4.91. The van der Waals surface area contributed by atoms with Gasteiger partial charge in [-0.3, -0.25) is 4.79 Å². The van der Waals surface area contributed by atoms with E-state index < -0.39 is 0 Å². The van der Waals surface area contributed by atoms with Gasteiger partial charge < -0.3 is 4.74 Å². The quantitative estimate of drug-likeness (QED) is 0.687. The second kappa shape index (κ2) is 6.71. The first-order valence-corrected chi connectivity index (χ1v) is 9.34. The molecular weight excluding hydrogens is 260 g/mol. The van der Waals surface area contributed by atoms with Crippen molar-refractivity contribution in [3.8, 4) is 0 Å². The monoisotopic (exact) mass is 292 g/mol. The molecule has 0 N–H and O–H groups in total. The molecule has 2 nitrogen and oxygen atoms in total. The molecule has 0 bridgehead atoms. The van der Waals surface area contributed by atoms with Gasteiger partial charge in [0.05, 0.1) is 0 Å². The summed E-state index contributed by atoms with van der Waals surface area (Å²) >= 11 is 0. The molecule has 3 aliphatic rings. The van der Waals surface area contributed by atoms with Crippen molar-refractivity contribution in [1.29, 1.82) is 0 Å². The summed E-state index contributed by atoms with van der Waals surface area (Å²) in [4.78, 5) is 11.2. The Bertz CT molecular complexity index is 365. The number of hydrogen-bond donors (Lipinski definition) is 0. The van der Waals surface area contributed by atoms with Gasteiger partial charge in [-0.25, -0.2) is 0 Å². The largest absolute Gasteiger partial charge is 0.463 e. The van der Waals surface area contributed by atoms with Gasteiger partial charge in [0.2, 0.25) is 0 Å². The van der Waals surface area contributed by atoms with Crippen LogP contribution in [0.2, 0.25) is 0 Å². The molecule has 120 valence electrons. The van der Waals surface area contributed by atoms with E-state index in [4.69, 9.17) is 4.74 Å². The van der Waals surface area contributed by atoms with Crippen LogP contribution in [0, 0.1) is 29.6 Å². The van der Waals surface area contributed by atoms with Crippen molar-refractivity contribution in [1.82, 2.24) is 0 Å². The van der Waals surface area contributed by atoms with Crippen molar-refractivity contribution in [3.05, 3.63) is 0 Å². The summed E-state index contributed by atoms with van der Waals surface area (Å²) in [5.74, 6) is 4.72. The van der Waals surface area contributed by atoms with E-state index in [-0.39, 0.29) is 12.1 Å². The predicted octanol–water partition coefficient (Wildman–Crippen LogP) is 4.96. The second-order valence-corrected chi connectivity index (χ2v) is 7.94. The lowest BCUT2D eigenvalue weighted by molar-refractivity contribution is -0.151. The molecule has 21 heavy (non-hydrogen) atoms. The average molecular weight is 292 g/mol. The third kappa shape index (κ3) is 3.46. The summed E-state index contributed by atoms with van der Waals surface area (Å²) in [5, 5.41) is 0. The lowest BCUT2D eigenvalue weighted by Crippen LogP contribution is -2.43. The van der Waals surface area contributed by atoms with Gasteiger partial charge in [0.15, 0.2) is 0 Å². The molecule has 0 spiro atoms. The SMILES string of the molecule is CCC[C@H]1CCC2C(CCC3C[C@@H](OC(C)=O)CCC32)C1. The molecule has 0 saturated heterocycles. The van der Waals surface area contributed by atoms with E-state index in [1.165, 1.54) is 51.4 Å². The van der Waals surface area contributed by atoms with Gasteiger partial charge in [0, 0.05) is 6.92 Å². The van der Waals surface area contributed by atoms with Gasteiger partial charge in [-0.2, -0.15) is 0 Å². The molecule has 4 unspecified atom stereocenters. The van der Waals surface area contributed by atoms with E-state index in [1.54, 1.807) is 6.92 Å². The predicted molar refractivity (Wildman–Crippen MR) is 84.8 cm³/mol. The first kappa shape index (κ1) is 15.4. The number of rotatable bonds is 3. The zero-order chi connectivity index (χ0) is 14.8. The maximum Gasteiger partial charge on any atom is 0.302 e. The van der Waals surface area contributed by atoms with E-state index in [2.05, 4.69) is 6.92 Å². The standard InChI is InChI=1S/C19H32O2/c1-3-4-14-5-9-18-15(11-14)6-7-16-12-17(21-13(2)20)8-10-19(16)18/h14-19H,3-12H2,1-2H3/t14-,15?,16?,17-,18?,19?/m0/s1. The lowest BCUT2D eigenvalue weighted by Gasteiger charge is -2.50. The Hall–Kier alpha value is -0.530. The normalized spacial score (nSPS) is 42.8. The molecule has 0 heterocycles. The van der Waals surface area contributed by atoms with Crippen LogP contribution in [0.1, 0.15) is 78.1 Å². The third-order valence-electron chi connectivity index (χ3n) is 6.63. The zero-order valence-corrected chi connectivity index (χ0v) is 13.9. The molecule has 0 amide bonds. The number of carbonyl (C=O) groups is 1. The van der Waals surface area contributed by atoms with Crippen LogP contribution in [0.3, 0.4) is 0 Å². The van der Waals surface area contributed by atoms with Gasteiger partial charge >= 0.3 is 5.97 Å². The smallest absolute Gasteiger partial charge is 0.302 e. The minimum absolute atomic E-state index is 0.0905. The highest BCUT2D eigenvalue weighted by Crippen LogP contribution is 2.53. The van der Waals surface area contributed by atoms with Crippen LogP contribution in [-0.2, 0) is 9.53 Å². The highest BCUT2D eigenvalue weighted by atomic mass is 16.5. The zero-order valence-electron chi connectivity index (χ0n) is 13.9.